The van der Waals surface area contributed by atoms with Crippen LogP contribution in [0, 0.1) is 5.92 Å². The molecule has 4 nitrogen and oxygen atoms in total. The third kappa shape index (κ3) is 3.53. The molecule has 0 spiro atoms. The monoisotopic (exact) mass is 233 g/mol. The van der Waals surface area contributed by atoms with Gasteiger partial charge in [0.2, 0.25) is 5.91 Å². The number of nitrogens with zero attached hydrogens (tertiary/aromatic N) is 2. The van der Waals surface area contributed by atoms with Gasteiger partial charge in [0.1, 0.15) is 0 Å². The van der Waals surface area contributed by atoms with Crippen LogP contribution in [0.2, 0.25) is 0 Å². The van der Waals surface area contributed by atoms with Crippen molar-refractivity contribution < 1.29 is 4.79 Å². The Morgan fingerprint density at radius 3 is 3.12 bits per heavy atom. The topological polar surface area (TPSA) is 45.2 Å². The lowest BCUT2D eigenvalue weighted by atomic mass is 10.1. The maximum absolute atomic E-state index is 12.0. The minimum Gasteiger partial charge on any atom is -0.345 e. The lowest BCUT2D eigenvalue weighted by molar-refractivity contribution is -0.129. The average molecular weight is 233 g/mol. The second-order valence-corrected chi connectivity index (χ2v) is 4.63. The Labute approximate surface area is 102 Å². The zero-order chi connectivity index (χ0) is 12.1. The van der Waals surface area contributed by atoms with Crippen LogP contribution < -0.4 is 5.32 Å². The molecule has 0 saturated carbocycles. The number of nitrogens with one attached hydrogen (secondary N) is 1. The molecule has 2 heterocycles. The van der Waals surface area contributed by atoms with Gasteiger partial charge in [0, 0.05) is 25.5 Å². The SMILES string of the molecule is CN(CC1CCNC1)C(=O)Cc1ccccn1. The molecule has 1 aliphatic rings. The number of aromatic nitrogens is 1. The minimum absolute atomic E-state index is 0.149. The molecule has 2 rings (SSSR count). The highest BCUT2D eigenvalue weighted by molar-refractivity contribution is 5.78. The van der Waals surface area contributed by atoms with Gasteiger partial charge in [0.25, 0.3) is 0 Å². The highest BCUT2D eigenvalue weighted by atomic mass is 16.2. The van der Waals surface area contributed by atoms with Gasteiger partial charge < -0.3 is 10.2 Å². The van der Waals surface area contributed by atoms with Crippen molar-refractivity contribution in [2.45, 2.75) is 12.8 Å². The molecule has 1 aromatic rings. The van der Waals surface area contributed by atoms with E-state index in [9.17, 15) is 4.79 Å². The molecule has 0 aromatic carbocycles. The maximum atomic E-state index is 12.0. The molecular formula is C13H19N3O. The lowest BCUT2D eigenvalue weighted by Crippen LogP contribution is -2.33. The predicted octanol–water partition coefficient (Wildman–Crippen LogP) is 0.692. The molecule has 0 bridgehead atoms. The molecule has 0 radical (unpaired) electrons. The van der Waals surface area contributed by atoms with Crippen molar-refractivity contribution in [3.05, 3.63) is 30.1 Å². The number of rotatable bonds is 4. The summed E-state index contributed by atoms with van der Waals surface area (Å²) in [7, 11) is 1.88. The van der Waals surface area contributed by atoms with E-state index in [0.29, 0.717) is 12.3 Å². The fourth-order valence-corrected chi connectivity index (χ4v) is 2.15. The number of carbonyl (C=O) groups is 1. The molecular weight excluding hydrogens is 214 g/mol. The van der Waals surface area contributed by atoms with E-state index in [4.69, 9.17) is 0 Å². The average Bonchev–Trinajstić information content (AvgIpc) is 2.83. The zero-order valence-corrected chi connectivity index (χ0v) is 10.2. The van der Waals surface area contributed by atoms with E-state index >= 15 is 0 Å². The van der Waals surface area contributed by atoms with E-state index in [1.165, 1.54) is 6.42 Å². The number of hydrogen-bond acceptors (Lipinski definition) is 3. The number of amides is 1. The first-order valence-corrected chi connectivity index (χ1v) is 6.10. The van der Waals surface area contributed by atoms with Crippen molar-refractivity contribution >= 4 is 5.91 Å². The highest BCUT2D eigenvalue weighted by Crippen LogP contribution is 2.09. The minimum atomic E-state index is 0.149. The van der Waals surface area contributed by atoms with E-state index in [0.717, 1.165) is 25.3 Å². The predicted molar refractivity (Wildman–Crippen MR) is 66.6 cm³/mol. The van der Waals surface area contributed by atoms with Gasteiger partial charge in [0.05, 0.1) is 6.42 Å². The van der Waals surface area contributed by atoms with Crippen molar-refractivity contribution in [1.82, 2.24) is 15.2 Å². The summed E-state index contributed by atoms with van der Waals surface area (Å²) in [6, 6.07) is 5.67. The van der Waals surface area contributed by atoms with Crippen LogP contribution in [0.5, 0.6) is 0 Å². The van der Waals surface area contributed by atoms with E-state index in [1.54, 1.807) is 6.20 Å². The molecule has 1 fully saturated rings. The summed E-state index contributed by atoms with van der Waals surface area (Å²) >= 11 is 0. The van der Waals surface area contributed by atoms with Crippen LogP contribution >= 0.6 is 0 Å². The maximum Gasteiger partial charge on any atom is 0.228 e. The summed E-state index contributed by atoms with van der Waals surface area (Å²) in [5.74, 6) is 0.753. The van der Waals surface area contributed by atoms with Crippen LogP contribution in [-0.4, -0.2) is 42.5 Å². The van der Waals surface area contributed by atoms with Crippen LogP contribution in [0.15, 0.2) is 24.4 Å². The van der Waals surface area contributed by atoms with Crippen LogP contribution in [-0.2, 0) is 11.2 Å². The highest BCUT2D eigenvalue weighted by Gasteiger charge is 2.19. The van der Waals surface area contributed by atoms with E-state index < -0.39 is 0 Å². The second kappa shape index (κ2) is 5.77. The normalized spacial score (nSPS) is 19.2. The molecule has 17 heavy (non-hydrogen) atoms. The molecule has 1 saturated heterocycles. The van der Waals surface area contributed by atoms with Gasteiger partial charge in [-0.15, -0.1) is 0 Å². The van der Waals surface area contributed by atoms with Crippen molar-refractivity contribution in [3.8, 4) is 0 Å². The molecule has 1 unspecified atom stereocenters. The van der Waals surface area contributed by atoms with Gasteiger partial charge in [-0.05, 0) is 37.6 Å². The van der Waals surface area contributed by atoms with Crippen molar-refractivity contribution in [1.29, 1.82) is 0 Å². The van der Waals surface area contributed by atoms with Crippen molar-refractivity contribution in [3.63, 3.8) is 0 Å². The van der Waals surface area contributed by atoms with Gasteiger partial charge in [-0.2, -0.15) is 0 Å². The molecule has 1 N–H and O–H groups in total. The van der Waals surface area contributed by atoms with Gasteiger partial charge in [0.15, 0.2) is 0 Å². The molecule has 1 aliphatic heterocycles. The summed E-state index contributed by atoms with van der Waals surface area (Å²) in [6.07, 6.45) is 3.29. The fourth-order valence-electron chi connectivity index (χ4n) is 2.15. The van der Waals surface area contributed by atoms with Gasteiger partial charge >= 0.3 is 0 Å². The third-order valence-electron chi connectivity index (χ3n) is 3.18. The number of hydrogen-bond donors (Lipinski definition) is 1. The Balaban J connectivity index is 1.82. The summed E-state index contributed by atoms with van der Waals surface area (Å²) < 4.78 is 0. The third-order valence-corrected chi connectivity index (χ3v) is 3.18. The number of likely N-dealkylation sites (N-methyl/N-ethyl adjacent to an activating group) is 1. The van der Waals surface area contributed by atoms with Crippen molar-refractivity contribution in [2.24, 2.45) is 5.92 Å². The smallest absolute Gasteiger partial charge is 0.228 e. The Hall–Kier alpha value is -1.42. The fraction of sp³-hybridized carbons (Fsp3) is 0.538. The van der Waals surface area contributed by atoms with Crippen LogP contribution in [0.1, 0.15) is 12.1 Å². The second-order valence-electron chi connectivity index (χ2n) is 4.63. The first kappa shape index (κ1) is 12.0. The van der Waals surface area contributed by atoms with E-state index in [-0.39, 0.29) is 5.91 Å². The summed E-state index contributed by atoms with van der Waals surface area (Å²) in [6.45, 7) is 2.95. The largest absolute Gasteiger partial charge is 0.345 e. The Kier molecular flexibility index (Phi) is 4.09. The van der Waals surface area contributed by atoms with E-state index in [2.05, 4.69) is 10.3 Å². The van der Waals surface area contributed by atoms with Gasteiger partial charge in [-0.1, -0.05) is 6.07 Å². The zero-order valence-electron chi connectivity index (χ0n) is 10.2. The van der Waals surface area contributed by atoms with Gasteiger partial charge in [-0.25, -0.2) is 0 Å². The molecule has 92 valence electrons. The molecule has 1 aromatic heterocycles. The molecule has 1 amide bonds. The Morgan fingerprint density at radius 2 is 2.47 bits per heavy atom. The lowest BCUT2D eigenvalue weighted by Gasteiger charge is -2.20. The first-order chi connectivity index (χ1) is 8.25. The first-order valence-electron chi connectivity index (χ1n) is 6.10. The summed E-state index contributed by atoms with van der Waals surface area (Å²) in [4.78, 5) is 18.0. The molecule has 0 aliphatic carbocycles. The van der Waals surface area contributed by atoms with E-state index in [1.807, 2.05) is 30.1 Å². The standard InChI is InChI=1S/C13H19N3O/c1-16(10-11-5-7-14-9-11)13(17)8-12-4-2-3-6-15-12/h2-4,6,11,14H,5,7-10H2,1H3. The molecule has 4 heteroatoms. The summed E-state index contributed by atoms with van der Waals surface area (Å²) in [5, 5.41) is 3.32. The molecule has 1 atom stereocenters. The number of pyridine rings is 1. The Morgan fingerprint density at radius 1 is 1.59 bits per heavy atom. The Bertz CT molecular complexity index is 360. The van der Waals surface area contributed by atoms with Crippen LogP contribution in [0.25, 0.3) is 0 Å². The number of carbonyl (C=O) groups excluding carboxylic acids is 1. The van der Waals surface area contributed by atoms with Crippen LogP contribution in [0.4, 0.5) is 0 Å². The van der Waals surface area contributed by atoms with Gasteiger partial charge in [-0.3, -0.25) is 9.78 Å². The van der Waals surface area contributed by atoms with Crippen molar-refractivity contribution in [2.75, 3.05) is 26.7 Å². The summed E-state index contributed by atoms with van der Waals surface area (Å²) in [5.41, 5.74) is 0.842. The quantitative estimate of drug-likeness (QED) is 0.832. The van der Waals surface area contributed by atoms with Crippen LogP contribution in [0.3, 0.4) is 0 Å².